The van der Waals surface area contributed by atoms with Gasteiger partial charge in [-0.2, -0.15) is 10.5 Å². The van der Waals surface area contributed by atoms with Gasteiger partial charge in [0.1, 0.15) is 11.2 Å². The van der Waals surface area contributed by atoms with E-state index < -0.39 is 11.2 Å². The Kier molecular flexibility index (Phi) is 10.5. The van der Waals surface area contributed by atoms with E-state index in [0.29, 0.717) is 44.9 Å². The first-order chi connectivity index (χ1) is 11.6. The molecule has 0 fully saturated rings. The Balaban J connectivity index is 4.05. The van der Waals surface area contributed by atoms with Crippen LogP contribution in [0.1, 0.15) is 85.5 Å². The van der Waals surface area contributed by atoms with Gasteiger partial charge in [0.05, 0.1) is 12.1 Å². The number of carbonyl (C=O) groups is 2. The summed E-state index contributed by atoms with van der Waals surface area (Å²) in [7, 11) is 0. The van der Waals surface area contributed by atoms with Crippen LogP contribution < -0.4 is 0 Å². The van der Waals surface area contributed by atoms with Crippen molar-refractivity contribution in [3.63, 3.8) is 0 Å². The van der Waals surface area contributed by atoms with Gasteiger partial charge < -0.3 is 9.47 Å². The van der Waals surface area contributed by atoms with Crippen LogP contribution in [0, 0.1) is 22.7 Å². The van der Waals surface area contributed by atoms with Crippen LogP contribution in [0.3, 0.4) is 0 Å². The van der Waals surface area contributed by atoms with E-state index in [-0.39, 0.29) is 24.8 Å². The van der Waals surface area contributed by atoms with E-state index in [1.54, 1.807) is 0 Å². The number of ether oxygens (including phenoxy) is 2. The van der Waals surface area contributed by atoms with Crippen molar-refractivity contribution in [3.8, 4) is 12.1 Å². The Morgan fingerprint density at radius 1 is 0.760 bits per heavy atom. The van der Waals surface area contributed by atoms with Gasteiger partial charge in [0.25, 0.3) is 0 Å². The maximum Gasteiger partial charge on any atom is 0.306 e. The predicted molar refractivity (Wildman–Crippen MR) is 93.1 cm³/mol. The Morgan fingerprint density at radius 2 is 1.12 bits per heavy atom. The molecule has 25 heavy (non-hydrogen) atoms. The fraction of sp³-hybridized carbons (Fsp3) is 0.789. The average molecular weight is 350 g/mol. The van der Waals surface area contributed by atoms with Gasteiger partial charge >= 0.3 is 11.9 Å². The van der Waals surface area contributed by atoms with Crippen LogP contribution in [0.15, 0.2) is 0 Å². The molecule has 0 amide bonds. The van der Waals surface area contributed by atoms with E-state index in [0.717, 1.165) is 0 Å². The molecule has 0 saturated carbocycles. The average Bonchev–Trinajstić information content (AvgIpc) is 2.46. The molecule has 0 spiro atoms. The number of hydrogen-bond donors (Lipinski definition) is 0. The van der Waals surface area contributed by atoms with E-state index in [1.807, 2.05) is 27.7 Å². The van der Waals surface area contributed by atoms with Crippen LogP contribution in [-0.2, 0) is 19.1 Å². The molecule has 0 aromatic rings. The lowest BCUT2D eigenvalue weighted by molar-refractivity contribution is -0.158. The molecule has 0 saturated heterocycles. The third kappa shape index (κ3) is 12.9. The minimum atomic E-state index is -0.600. The lowest BCUT2D eigenvalue weighted by atomic mass is 10.0. The minimum Gasteiger partial charge on any atom is -0.460 e. The van der Waals surface area contributed by atoms with E-state index >= 15 is 0 Å². The zero-order valence-electron chi connectivity index (χ0n) is 15.9. The first-order valence-corrected chi connectivity index (χ1v) is 8.79. The van der Waals surface area contributed by atoms with Gasteiger partial charge in [-0.25, -0.2) is 0 Å². The van der Waals surface area contributed by atoms with Gasteiger partial charge in [-0.05, 0) is 59.8 Å². The number of hydrogen-bond acceptors (Lipinski definition) is 6. The van der Waals surface area contributed by atoms with Crippen LogP contribution in [0.4, 0.5) is 0 Å². The minimum absolute atomic E-state index is 0.158. The predicted octanol–water partition coefficient (Wildman–Crippen LogP) is 4.19. The van der Waals surface area contributed by atoms with E-state index in [9.17, 15) is 9.59 Å². The summed E-state index contributed by atoms with van der Waals surface area (Å²) in [5.74, 6) is -0.689. The molecule has 6 heteroatoms. The first-order valence-electron chi connectivity index (χ1n) is 8.79. The van der Waals surface area contributed by atoms with Crippen molar-refractivity contribution in [1.29, 1.82) is 10.5 Å². The molecule has 0 radical (unpaired) electrons. The van der Waals surface area contributed by atoms with E-state index in [1.165, 1.54) is 0 Å². The summed E-state index contributed by atoms with van der Waals surface area (Å²) in [4.78, 5) is 23.7. The van der Waals surface area contributed by atoms with Gasteiger partial charge in [-0.1, -0.05) is 0 Å². The highest BCUT2D eigenvalue weighted by Crippen LogP contribution is 2.21. The highest BCUT2D eigenvalue weighted by molar-refractivity contribution is 5.73. The van der Waals surface area contributed by atoms with Crippen molar-refractivity contribution in [1.82, 2.24) is 0 Å². The molecule has 0 heterocycles. The summed E-state index contributed by atoms with van der Waals surface area (Å²) in [5, 5.41) is 17.1. The monoisotopic (exact) mass is 350 g/mol. The Bertz CT molecular complexity index is 466. The van der Waals surface area contributed by atoms with Crippen molar-refractivity contribution < 1.29 is 19.1 Å². The zero-order chi connectivity index (χ0) is 19.3. The van der Waals surface area contributed by atoms with Crippen LogP contribution >= 0.6 is 0 Å². The summed E-state index contributed by atoms with van der Waals surface area (Å²) in [5.41, 5.74) is -1.20. The van der Waals surface area contributed by atoms with Crippen molar-refractivity contribution >= 4 is 11.9 Å². The first kappa shape index (κ1) is 22.9. The molecular formula is C19H30N2O4. The summed E-state index contributed by atoms with van der Waals surface area (Å²) >= 11 is 0. The van der Waals surface area contributed by atoms with E-state index in [2.05, 4.69) is 12.1 Å². The summed E-state index contributed by atoms with van der Waals surface area (Å²) in [6, 6.07) is 4.13. The molecule has 0 rings (SSSR count). The fourth-order valence-electron chi connectivity index (χ4n) is 2.38. The summed E-state index contributed by atoms with van der Waals surface area (Å²) in [6.45, 7) is 7.28. The molecule has 0 aromatic carbocycles. The summed E-state index contributed by atoms with van der Waals surface area (Å²) in [6.07, 6.45) is 4.20. The molecule has 0 atom stereocenters. The number of esters is 2. The summed E-state index contributed by atoms with van der Waals surface area (Å²) < 4.78 is 10.8. The largest absolute Gasteiger partial charge is 0.460 e. The number of nitrogens with zero attached hydrogens (tertiary/aromatic N) is 2. The van der Waals surface area contributed by atoms with Gasteiger partial charge in [0.2, 0.25) is 0 Å². The van der Waals surface area contributed by atoms with Gasteiger partial charge in [-0.3, -0.25) is 9.59 Å². The third-order valence-corrected chi connectivity index (χ3v) is 3.68. The van der Waals surface area contributed by atoms with Crippen LogP contribution in [0.5, 0.6) is 0 Å². The quantitative estimate of drug-likeness (QED) is 0.386. The Labute approximate surface area is 151 Å². The van der Waals surface area contributed by atoms with Gasteiger partial charge in [0.15, 0.2) is 0 Å². The second kappa shape index (κ2) is 11.5. The molecule has 0 aliphatic carbocycles. The van der Waals surface area contributed by atoms with Crippen molar-refractivity contribution in [3.05, 3.63) is 0 Å². The molecule has 0 aliphatic rings. The van der Waals surface area contributed by atoms with Crippen LogP contribution in [-0.4, -0.2) is 23.1 Å². The van der Waals surface area contributed by atoms with Crippen molar-refractivity contribution in [2.75, 3.05) is 0 Å². The lowest BCUT2D eigenvalue weighted by Gasteiger charge is -2.25. The number of nitriles is 2. The Hall–Kier alpha value is -2.08. The standard InChI is InChI=1S/C19H30N2O4/c1-18(2,12-5-7-14-20)24-16(22)10-9-11-17(23)25-19(3,4)13-6-8-15-21/h5-13H2,1-4H3. The van der Waals surface area contributed by atoms with Crippen molar-refractivity contribution in [2.45, 2.75) is 96.7 Å². The normalized spacial score (nSPS) is 11.3. The van der Waals surface area contributed by atoms with Crippen LogP contribution in [0.25, 0.3) is 0 Å². The number of rotatable bonds is 12. The molecule has 140 valence electrons. The topological polar surface area (TPSA) is 100 Å². The van der Waals surface area contributed by atoms with Crippen molar-refractivity contribution in [2.24, 2.45) is 0 Å². The molecule has 0 unspecified atom stereocenters. The third-order valence-electron chi connectivity index (χ3n) is 3.68. The van der Waals surface area contributed by atoms with E-state index in [4.69, 9.17) is 20.0 Å². The molecule has 0 aliphatic heterocycles. The Morgan fingerprint density at radius 3 is 1.44 bits per heavy atom. The van der Waals surface area contributed by atoms with Gasteiger partial charge in [-0.15, -0.1) is 0 Å². The molecular weight excluding hydrogens is 320 g/mol. The highest BCUT2D eigenvalue weighted by atomic mass is 16.6. The maximum atomic E-state index is 11.9. The zero-order valence-corrected chi connectivity index (χ0v) is 15.9. The fourth-order valence-corrected chi connectivity index (χ4v) is 2.38. The van der Waals surface area contributed by atoms with Gasteiger partial charge in [0, 0.05) is 25.7 Å². The molecule has 0 bridgehead atoms. The SMILES string of the molecule is CC(C)(CCCC#N)OC(=O)CCCC(=O)OC(C)(C)CCCC#N. The molecule has 6 nitrogen and oxygen atoms in total. The number of carbonyl (C=O) groups excluding carboxylic acids is 2. The molecule has 0 aromatic heterocycles. The maximum absolute atomic E-state index is 11.9. The smallest absolute Gasteiger partial charge is 0.306 e. The lowest BCUT2D eigenvalue weighted by Crippen LogP contribution is -2.29. The second-order valence-corrected chi connectivity index (χ2v) is 7.34. The molecule has 0 N–H and O–H groups in total. The second-order valence-electron chi connectivity index (χ2n) is 7.34. The van der Waals surface area contributed by atoms with Crippen LogP contribution in [0.2, 0.25) is 0 Å². The highest BCUT2D eigenvalue weighted by Gasteiger charge is 2.24. The number of unbranched alkanes of at least 4 members (excludes halogenated alkanes) is 2.